The summed E-state index contributed by atoms with van der Waals surface area (Å²) in [6.07, 6.45) is 0.104. The molecule has 0 saturated carbocycles. The fourth-order valence-electron chi connectivity index (χ4n) is 2.96. The Hall–Kier alpha value is -3.25. The zero-order valence-electron chi connectivity index (χ0n) is 15.8. The SMILES string of the molecule is Cc1ccc(Oc2ccc(NC(=O)CC3Sc4ccccc4NC3=O)cc2)cc1. The van der Waals surface area contributed by atoms with Crippen LogP contribution in [0.3, 0.4) is 0 Å². The van der Waals surface area contributed by atoms with Crippen LogP contribution in [0.15, 0.2) is 77.7 Å². The van der Waals surface area contributed by atoms with Crippen LogP contribution >= 0.6 is 11.8 Å². The van der Waals surface area contributed by atoms with Crippen molar-refractivity contribution in [1.82, 2.24) is 0 Å². The van der Waals surface area contributed by atoms with Gasteiger partial charge in [0.2, 0.25) is 11.8 Å². The van der Waals surface area contributed by atoms with Gasteiger partial charge in [0.25, 0.3) is 0 Å². The maximum absolute atomic E-state index is 12.4. The van der Waals surface area contributed by atoms with E-state index in [2.05, 4.69) is 10.6 Å². The number of carbonyl (C=O) groups is 2. The summed E-state index contributed by atoms with van der Waals surface area (Å²) >= 11 is 1.42. The third kappa shape index (κ3) is 4.78. The van der Waals surface area contributed by atoms with Crippen LogP contribution in [0.4, 0.5) is 11.4 Å². The van der Waals surface area contributed by atoms with E-state index in [1.54, 1.807) is 24.3 Å². The number of carbonyl (C=O) groups excluding carboxylic acids is 2. The van der Waals surface area contributed by atoms with Crippen molar-refractivity contribution >= 4 is 35.0 Å². The lowest BCUT2D eigenvalue weighted by Gasteiger charge is -2.23. The van der Waals surface area contributed by atoms with E-state index in [4.69, 9.17) is 4.74 Å². The highest BCUT2D eigenvalue weighted by molar-refractivity contribution is 8.01. The van der Waals surface area contributed by atoms with E-state index < -0.39 is 5.25 Å². The molecule has 3 aromatic rings. The molecule has 0 aromatic heterocycles. The molecule has 1 unspecified atom stereocenters. The summed E-state index contributed by atoms with van der Waals surface area (Å²) in [6.45, 7) is 2.02. The second-order valence-corrected chi connectivity index (χ2v) is 8.03. The van der Waals surface area contributed by atoms with Gasteiger partial charge in [0, 0.05) is 17.0 Å². The van der Waals surface area contributed by atoms with Gasteiger partial charge in [0.05, 0.1) is 10.9 Å². The number of aryl methyl sites for hydroxylation is 1. The van der Waals surface area contributed by atoms with Crippen molar-refractivity contribution < 1.29 is 14.3 Å². The predicted molar refractivity (Wildman–Crippen MR) is 116 cm³/mol. The number of ether oxygens (including phenoxy) is 1. The minimum Gasteiger partial charge on any atom is -0.457 e. The molecule has 3 aromatic carbocycles. The van der Waals surface area contributed by atoms with Gasteiger partial charge in [-0.2, -0.15) is 0 Å². The van der Waals surface area contributed by atoms with E-state index >= 15 is 0 Å². The first kappa shape index (κ1) is 19.1. The molecular formula is C23H20N2O3S. The van der Waals surface area contributed by atoms with Crippen LogP contribution < -0.4 is 15.4 Å². The Bertz CT molecular complexity index is 1030. The molecule has 0 saturated heterocycles. The molecule has 0 aliphatic carbocycles. The van der Waals surface area contributed by atoms with Crippen LogP contribution in [0.2, 0.25) is 0 Å². The molecule has 0 fully saturated rings. The second-order valence-electron chi connectivity index (χ2n) is 6.78. The van der Waals surface area contributed by atoms with Crippen molar-refractivity contribution in [3.63, 3.8) is 0 Å². The van der Waals surface area contributed by atoms with Gasteiger partial charge in [-0.15, -0.1) is 11.8 Å². The molecule has 1 heterocycles. The number of para-hydroxylation sites is 1. The summed E-state index contributed by atoms with van der Waals surface area (Å²) in [5.41, 5.74) is 2.62. The summed E-state index contributed by atoms with van der Waals surface area (Å²) in [4.78, 5) is 25.6. The molecular weight excluding hydrogens is 384 g/mol. The molecule has 1 aliphatic heterocycles. The Balaban J connectivity index is 1.34. The van der Waals surface area contributed by atoms with Crippen LogP contribution in [0.1, 0.15) is 12.0 Å². The first-order valence-corrected chi connectivity index (χ1v) is 10.2. The molecule has 6 heteroatoms. The minimum absolute atomic E-state index is 0.104. The zero-order valence-corrected chi connectivity index (χ0v) is 16.7. The molecule has 4 rings (SSSR count). The second kappa shape index (κ2) is 8.41. The Kier molecular flexibility index (Phi) is 5.53. The number of hydrogen-bond acceptors (Lipinski definition) is 4. The van der Waals surface area contributed by atoms with Crippen molar-refractivity contribution in [3.05, 3.63) is 78.4 Å². The number of fused-ring (bicyclic) bond motifs is 1. The topological polar surface area (TPSA) is 67.4 Å². The van der Waals surface area contributed by atoms with E-state index in [1.807, 2.05) is 55.5 Å². The van der Waals surface area contributed by atoms with E-state index in [0.717, 1.165) is 16.3 Å². The Morgan fingerprint density at radius 1 is 1.00 bits per heavy atom. The van der Waals surface area contributed by atoms with Crippen LogP contribution in [0.5, 0.6) is 11.5 Å². The molecule has 1 atom stereocenters. The quantitative estimate of drug-likeness (QED) is 0.611. The average molecular weight is 404 g/mol. The van der Waals surface area contributed by atoms with Crippen molar-refractivity contribution in [2.24, 2.45) is 0 Å². The van der Waals surface area contributed by atoms with Gasteiger partial charge < -0.3 is 15.4 Å². The third-order valence-corrected chi connectivity index (χ3v) is 5.75. The monoisotopic (exact) mass is 404 g/mol. The fraction of sp³-hybridized carbons (Fsp3) is 0.130. The fourth-order valence-corrected chi connectivity index (χ4v) is 4.07. The normalized spacial score (nSPS) is 15.2. The number of amides is 2. The molecule has 2 amide bonds. The molecule has 5 nitrogen and oxygen atoms in total. The molecule has 0 radical (unpaired) electrons. The van der Waals surface area contributed by atoms with Crippen LogP contribution in [0, 0.1) is 6.92 Å². The average Bonchev–Trinajstić information content (AvgIpc) is 2.72. The molecule has 0 spiro atoms. The lowest BCUT2D eigenvalue weighted by Crippen LogP contribution is -2.32. The molecule has 0 bridgehead atoms. The minimum atomic E-state index is -0.450. The summed E-state index contributed by atoms with van der Waals surface area (Å²) in [5, 5.41) is 5.25. The highest BCUT2D eigenvalue weighted by Crippen LogP contribution is 2.36. The van der Waals surface area contributed by atoms with Gasteiger partial charge in [-0.1, -0.05) is 29.8 Å². The number of thioether (sulfide) groups is 1. The maximum Gasteiger partial charge on any atom is 0.238 e. The summed E-state index contributed by atoms with van der Waals surface area (Å²) in [5.74, 6) is 1.09. The van der Waals surface area contributed by atoms with Crippen molar-refractivity contribution in [2.75, 3.05) is 10.6 Å². The Morgan fingerprint density at radius 2 is 1.66 bits per heavy atom. The van der Waals surface area contributed by atoms with Gasteiger partial charge in [0.1, 0.15) is 11.5 Å². The standard InChI is InChI=1S/C23H20N2O3S/c1-15-6-10-17(11-7-15)28-18-12-8-16(9-13-18)24-22(26)14-21-23(27)25-19-4-2-3-5-20(19)29-21/h2-13,21H,14H2,1H3,(H,24,26)(H,25,27). The molecule has 2 N–H and O–H groups in total. The largest absolute Gasteiger partial charge is 0.457 e. The van der Waals surface area contributed by atoms with E-state index in [-0.39, 0.29) is 18.2 Å². The van der Waals surface area contributed by atoms with Gasteiger partial charge in [-0.25, -0.2) is 0 Å². The summed E-state index contributed by atoms with van der Waals surface area (Å²) in [6, 6.07) is 22.6. The number of nitrogens with one attached hydrogen (secondary N) is 2. The van der Waals surface area contributed by atoms with Crippen molar-refractivity contribution in [3.8, 4) is 11.5 Å². The van der Waals surface area contributed by atoms with Crippen molar-refractivity contribution in [2.45, 2.75) is 23.5 Å². The first-order valence-electron chi connectivity index (χ1n) is 9.28. The van der Waals surface area contributed by atoms with Crippen LogP contribution in [-0.2, 0) is 9.59 Å². The van der Waals surface area contributed by atoms with Crippen LogP contribution in [-0.4, -0.2) is 17.1 Å². The van der Waals surface area contributed by atoms with Crippen molar-refractivity contribution in [1.29, 1.82) is 0 Å². The third-order valence-electron chi connectivity index (χ3n) is 4.47. The van der Waals surface area contributed by atoms with Crippen LogP contribution in [0.25, 0.3) is 0 Å². The molecule has 1 aliphatic rings. The lowest BCUT2D eigenvalue weighted by atomic mass is 10.2. The predicted octanol–water partition coefficient (Wildman–Crippen LogP) is 5.23. The first-order chi connectivity index (χ1) is 14.1. The lowest BCUT2D eigenvalue weighted by molar-refractivity contribution is -0.120. The van der Waals surface area contributed by atoms with Gasteiger partial charge >= 0.3 is 0 Å². The summed E-state index contributed by atoms with van der Waals surface area (Å²) < 4.78 is 5.79. The number of benzene rings is 3. The van der Waals surface area contributed by atoms with E-state index in [0.29, 0.717) is 11.4 Å². The summed E-state index contributed by atoms with van der Waals surface area (Å²) in [7, 11) is 0. The Morgan fingerprint density at radius 3 is 2.38 bits per heavy atom. The number of anilines is 2. The Labute approximate surface area is 173 Å². The highest BCUT2D eigenvalue weighted by atomic mass is 32.2. The smallest absolute Gasteiger partial charge is 0.238 e. The highest BCUT2D eigenvalue weighted by Gasteiger charge is 2.28. The van der Waals surface area contributed by atoms with Gasteiger partial charge in [0.15, 0.2) is 0 Å². The van der Waals surface area contributed by atoms with E-state index in [1.165, 1.54) is 17.3 Å². The number of rotatable bonds is 5. The van der Waals surface area contributed by atoms with Gasteiger partial charge in [-0.3, -0.25) is 9.59 Å². The molecule has 29 heavy (non-hydrogen) atoms. The maximum atomic E-state index is 12.4. The zero-order chi connectivity index (χ0) is 20.2. The van der Waals surface area contributed by atoms with Gasteiger partial charge in [-0.05, 0) is 55.5 Å². The number of hydrogen-bond donors (Lipinski definition) is 2. The van der Waals surface area contributed by atoms with E-state index in [9.17, 15) is 9.59 Å². The molecule has 146 valence electrons.